The molecule has 0 aromatic carbocycles. The first kappa shape index (κ1) is 6.30. The normalized spacial score (nSPS) is 16.9. The molecule has 0 radical (unpaired) electrons. The van der Waals surface area contributed by atoms with Crippen LogP contribution in [0, 0.1) is 0 Å². The third-order valence-electron chi connectivity index (χ3n) is 1.47. The first-order chi connectivity index (χ1) is 4.88. The van der Waals surface area contributed by atoms with E-state index < -0.39 is 0 Å². The van der Waals surface area contributed by atoms with Crippen molar-refractivity contribution < 1.29 is 4.74 Å². The molecule has 0 amide bonds. The zero-order chi connectivity index (χ0) is 6.97. The maximum Gasteiger partial charge on any atom is 0.200 e. The fourth-order valence-electron chi connectivity index (χ4n) is 0.961. The summed E-state index contributed by atoms with van der Waals surface area (Å²) in [7, 11) is 0. The first-order valence-electron chi connectivity index (χ1n) is 3.03. The second-order valence-corrected chi connectivity index (χ2v) is 2.80. The predicted molar refractivity (Wildman–Crippen MR) is 37.4 cm³/mol. The number of ether oxygens (including phenoxy) is 1. The second-order valence-electron chi connectivity index (χ2n) is 2.09. The smallest absolute Gasteiger partial charge is 0.200 e. The van der Waals surface area contributed by atoms with E-state index in [1.54, 1.807) is 0 Å². The van der Waals surface area contributed by atoms with Crippen molar-refractivity contribution in [2.75, 3.05) is 6.61 Å². The van der Waals surface area contributed by atoms with Crippen LogP contribution < -0.4 is 0 Å². The third kappa shape index (κ3) is 0.856. The Morgan fingerprint density at radius 2 is 2.40 bits per heavy atom. The van der Waals surface area contributed by atoms with Crippen molar-refractivity contribution in [3.05, 3.63) is 10.6 Å². The minimum absolute atomic E-state index is 0.582. The minimum atomic E-state index is 0.582. The van der Waals surface area contributed by atoms with Crippen LogP contribution in [0.1, 0.15) is 5.82 Å². The number of fused-ring (bicyclic) bond motifs is 1. The molecule has 1 aliphatic heterocycles. The molecule has 1 aliphatic rings. The predicted octanol–water partition coefficient (Wildman–Crippen LogP) is 0.571. The van der Waals surface area contributed by atoms with Gasteiger partial charge in [0.2, 0.25) is 0 Å². The van der Waals surface area contributed by atoms with Crippen LogP contribution in [0.3, 0.4) is 0 Å². The van der Waals surface area contributed by atoms with E-state index in [1.807, 2.05) is 4.57 Å². The molecule has 1 aromatic heterocycles. The van der Waals surface area contributed by atoms with Gasteiger partial charge in [-0.2, -0.15) is 0 Å². The van der Waals surface area contributed by atoms with Crippen LogP contribution in [0.25, 0.3) is 0 Å². The molecule has 2 heterocycles. The van der Waals surface area contributed by atoms with Crippen LogP contribution in [0.4, 0.5) is 0 Å². The van der Waals surface area contributed by atoms with Crippen molar-refractivity contribution in [3.8, 4) is 0 Å². The van der Waals surface area contributed by atoms with Gasteiger partial charge in [-0.3, -0.25) is 0 Å². The van der Waals surface area contributed by atoms with Gasteiger partial charge < -0.3 is 9.30 Å². The summed E-state index contributed by atoms with van der Waals surface area (Å²) in [6.45, 7) is 2.19. The Balaban J connectivity index is 2.45. The summed E-state index contributed by atoms with van der Waals surface area (Å²) in [6, 6.07) is 0. The van der Waals surface area contributed by atoms with E-state index in [9.17, 15) is 0 Å². The zero-order valence-corrected chi connectivity index (χ0v) is 6.84. The van der Waals surface area contributed by atoms with Gasteiger partial charge in [0.25, 0.3) is 0 Å². The lowest BCUT2D eigenvalue weighted by Crippen LogP contribution is -2.16. The molecular weight excluding hydrogens is 198 g/mol. The highest BCUT2D eigenvalue weighted by Crippen LogP contribution is 2.12. The van der Waals surface area contributed by atoms with E-state index in [4.69, 9.17) is 4.74 Å². The summed E-state index contributed by atoms with van der Waals surface area (Å²) in [5, 5.41) is 7.75. The van der Waals surface area contributed by atoms with E-state index in [0.717, 1.165) is 23.7 Å². The van der Waals surface area contributed by atoms with Crippen molar-refractivity contribution >= 4 is 15.9 Å². The summed E-state index contributed by atoms with van der Waals surface area (Å²) in [4.78, 5) is 0. The monoisotopic (exact) mass is 203 g/mol. The molecule has 4 nitrogen and oxygen atoms in total. The van der Waals surface area contributed by atoms with Gasteiger partial charge in [0.15, 0.2) is 10.6 Å². The largest absolute Gasteiger partial charge is 0.372 e. The van der Waals surface area contributed by atoms with Gasteiger partial charge in [-0.05, 0) is 15.9 Å². The Hall–Kier alpha value is -0.420. The van der Waals surface area contributed by atoms with Crippen molar-refractivity contribution in [3.63, 3.8) is 0 Å². The molecule has 54 valence electrons. The highest BCUT2D eigenvalue weighted by atomic mass is 79.9. The lowest BCUT2D eigenvalue weighted by Gasteiger charge is -2.13. The maximum absolute atomic E-state index is 5.17. The zero-order valence-electron chi connectivity index (χ0n) is 5.25. The Bertz CT molecular complexity index is 247. The fourth-order valence-corrected chi connectivity index (χ4v) is 1.42. The average Bonchev–Trinajstić information content (AvgIpc) is 2.34. The van der Waals surface area contributed by atoms with Crippen LogP contribution in [0.5, 0.6) is 0 Å². The fraction of sp³-hybridized carbons (Fsp3) is 0.600. The highest BCUT2D eigenvalue weighted by Gasteiger charge is 2.13. The molecule has 5 heteroatoms. The van der Waals surface area contributed by atoms with Crippen LogP contribution in [-0.2, 0) is 17.9 Å². The standard InChI is InChI=1S/C5H6BrN3O/c6-5-8-7-4-3-10-2-1-9(4)5/h1-3H2. The quantitative estimate of drug-likeness (QED) is 0.620. The first-order valence-corrected chi connectivity index (χ1v) is 3.82. The van der Waals surface area contributed by atoms with Gasteiger partial charge in [0, 0.05) is 6.54 Å². The molecule has 0 saturated carbocycles. The number of rotatable bonds is 0. The van der Waals surface area contributed by atoms with Crippen LogP contribution in [0.15, 0.2) is 4.73 Å². The Kier molecular flexibility index (Phi) is 1.46. The molecule has 1 aromatic rings. The minimum Gasteiger partial charge on any atom is -0.372 e. The van der Waals surface area contributed by atoms with Gasteiger partial charge in [-0.25, -0.2) is 0 Å². The van der Waals surface area contributed by atoms with E-state index in [1.165, 1.54) is 0 Å². The summed E-state index contributed by atoms with van der Waals surface area (Å²) < 4.78 is 7.97. The van der Waals surface area contributed by atoms with E-state index in [-0.39, 0.29) is 0 Å². The molecule has 0 unspecified atom stereocenters. The van der Waals surface area contributed by atoms with Gasteiger partial charge in [-0.15, -0.1) is 10.2 Å². The van der Waals surface area contributed by atoms with Crippen LogP contribution >= 0.6 is 15.9 Å². The Labute approximate surface area is 66.3 Å². The van der Waals surface area contributed by atoms with Gasteiger partial charge in [0.05, 0.1) is 6.61 Å². The molecular formula is C5H6BrN3O. The molecule has 0 N–H and O–H groups in total. The van der Waals surface area contributed by atoms with E-state index >= 15 is 0 Å². The maximum atomic E-state index is 5.17. The van der Waals surface area contributed by atoms with Crippen molar-refractivity contribution in [2.45, 2.75) is 13.2 Å². The van der Waals surface area contributed by atoms with Crippen molar-refractivity contribution in [2.24, 2.45) is 0 Å². The molecule has 0 aliphatic carbocycles. The molecule has 0 atom stereocenters. The summed E-state index contributed by atoms with van der Waals surface area (Å²) in [6.07, 6.45) is 0. The summed E-state index contributed by atoms with van der Waals surface area (Å²) >= 11 is 3.29. The molecule has 0 spiro atoms. The topological polar surface area (TPSA) is 39.9 Å². The highest BCUT2D eigenvalue weighted by molar-refractivity contribution is 9.10. The summed E-state index contributed by atoms with van der Waals surface area (Å²) in [5.41, 5.74) is 0. The van der Waals surface area contributed by atoms with Gasteiger partial charge in [-0.1, -0.05) is 0 Å². The molecule has 0 bridgehead atoms. The number of halogens is 1. The lowest BCUT2D eigenvalue weighted by molar-refractivity contribution is 0.0808. The van der Waals surface area contributed by atoms with Crippen LogP contribution in [-0.4, -0.2) is 21.4 Å². The van der Waals surface area contributed by atoms with E-state index in [2.05, 4.69) is 26.1 Å². The third-order valence-corrected chi connectivity index (χ3v) is 2.06. The van der Waals surface area contributed by atoms with Crippen molar-refractivity contribution in [1.82, 2.24) is 14.8 Å². The second kappa shape index (κ2) is 2.32. The number of hydrogen-bond acceptors (Lipinski definition) is 3. The molecule has 2 rings (SSSR count). The van der Waals surface area contributed by atoms with Crippen LogP contribution in [0.2, 0.25) is 0 Å². The average molecular weight is 204 g/mol. The molecule has 0 saturated heterocycles. The van der Waals surface area contributed by atoms with Gasteiger partial charge in [0.1, 0.15) is 6.61 Å². The summed E-state index contributed by atoms with van der Waals surface area (Å²) in [5.74, 6) is 0.901. The Morgan fingerprint density at radius 3 is 3.20 bits per heavy atom. The van der Waals surface area contributed by atoms with Gasteiger partial charge >= 0.3 is 0 Å². The Morgan fingerprint density at radius 1 is 1.50 bits per heavy atom. The molecule has 0 fully saturated rings. The number of nitrogens with zero attached hydrogens (tertiary/aromatic N) is 3. The SMILES string of the molecule is Brc1nnc2n1CCOC2. The van der Waals surface area contributed by atoms with Crippen molar-refractivity contribution in [1.29, 1.82) is 0 Å². The number of aromatic nitrogens is 3. The number of hydrogen-bond donors (Lipinski definition) is 0. The molecule has 10 heavy (non-hydrogen) atoms. The lowest BCUT2D eigenvalue weighted by atomic mass is 10.5. The van der Waals surface area contributed by atoms with E-state index in [0.29, 0.717) is 6.61 Å².